The van der Waals surface area contributed by atoms with E-state index in [4.69, 9.17) is 5.11 Å². The van der Waals surface area contributed by atoms with E-state index in [0.717, 1.165) is 19.5 Å². The van der Waals surface area contributed by atoms with Crippen LogP contribution in [0.2, 0.25) is 0 Å². The smallest absolute Gasteiger partial charge is 0.0526 e. The molecule has 0 aromatic heterocycles. The molecule has 0 saturated heterocycles. The lowest BCUT2D eigenvalue weighted by atomic mass is 10.1. The van der Waals surface area contributed by atoms with Gasteiger partial charge in [0.1, 0.15) is 0 Å². The Morgan fingerprint density at radius 3 is 1.91 bits per heavy atom. The Labute approximate surface area is 70.2 Å². The summed E-state index contributed by atoms with van der Waals surface area (Å²) >= 11 is 0. The molecule has 0 aliphatic heterocycles. The van der Waals surface area contributed by atoms with Gasteiger partial charge in [-0.1, -0.05) is 13.8 Å². The lowest BCUT2D eigenvalue weighted by Crippen LogP contribution is -2.34. The second kappa shape index (κ2) is 5.56. The van der Waals surface area contributed by atoms with Crippen molar-refractivity contribution in [3.8, 4) is 0 Å². The molecule has 2 unspecified atom stereocenters. The lowest BCUT2D eigenvalue weighted by Gasteiger charge is -2.27. The van der Waals surface area contributed by atoms with E-state index < -0.39 is 0 Å². The van der Waals surface area contributed by atoms with Crippen LogP contribution in [0, 0.1) is 0 Å². The minimum absolute atomic E-state index is 0.175. The first kappa shape index (κ1) is 10.9. The zero-order chi connectivity index (χ0) is 8.85. The molecule has 0 aromatic rings. The predicted octanol–water partition coefficient (Wildman–Crippen LogP) is 1.49. The van der Waals surface area contributed by atoms with Crippen molar-refractivity contribution in [1.29, 1.82) is 0 Å². The second-order valence-corrected chi connectivity index (χ2v) is 3.15. The Morgan fingerprint density at radius 2 is 1.64 bits per heavy atom. The highest BCUT2D eigenvalue weighted by atomic mass is 16.3. The summed E-state index contributed by atoms with van der Waals surface area (Å²) in [5.41, 5.74) is 0. The van der Waals surface area contributed by atoms with Gasteiger partial charge in [-0.05, 0) is 33.4 Å². The molecule has 0 aromatic carbocycles. The first-order valence-corrected chi connectivity index (χ1v) is 4.53. The molecule has 0 aliphatic rings. The Kier molecular flexibility index (Phi) is 5.51. The molecule has 0 heterocycles. The van der Waals surface area contributed by atoms with Crippen molar-refractivity contribution in [2.45, 2.75) is 46.3 Å². The molecule has 2 nitrogen and oxygen atoms in total. The van der Waals surface area contributed by atoms with Gasteiger partial charge in [-0.25, -0.2) is 0 Å². The molecule has 0 saturated carbocycles. The maximum atomic E-state index is 9.14. The van der Waals surface area contributed by atoms with Gasteiger partial charge in [-0.2, -0.15) is 0 Å². The lowest BCUT2D eigenvalue weighted by molar-refractivity contribution is 0.126. The third kappa shape index (κ3) is 4.38. The normalized spacial score (nSPS) is 16.9. The maximum Gasteiger partial charge on any atom is 0.0526 e. The van der Waals surface area contributed by atoms with Crippen LogP contribution >= 0.6 is 0 Å². The average Bonchev–Trinajstić information content (AvgIpc) is 1.88. The molecule has 0 bridgehead atoms. The highest BCUT2D eigenvalue weighted by Gasteiger charge is 2.11. The van der Waals surface area contributed by atoms with Gasteiger partial charge in [0.25, 0.3) is 0 Å². The van der Waals surface area contributed by atoms with Gasteiger partial charge in [0, 0.05) is 6.04 Å². The monoisotopic (exact) mass is 159 g/mol. The standard InChI is InChI=1S/C9H21NO/c1-5-10(6-2)8(3)7-9(4)11/h8-9,11H,5-7H2,1-4H3. The van der Waals surface area contributed by atoms with Gasteiger partial charge >= 0.3 is 0 Å². The summed E-state index contributed by atoms with van der Waals surface area (Å²) in [6.07, 6.45) is 0.701. The number of aliphatic hydroxyl groups is 1. The molecule has 0 amide bonds. The zero-order valence-corrected chi connectivity index (χ0v) is 8.17. The van der Waals surface area contributed by atoms with Crippen LogP contribution in [0.1, 0.15) is 34.1 Å². The fourth-order valence-electron chi connectivity index (χ4n) is 1.49. The Bertz CT molecular complexity index is 89.6. The van der Waals surface area contributed by atoms with Gasteiger partial charge in [0.15, 0.2) is 0 Å². The number of hydrogen-bond acceptors (Lipinski definition) is 2. The van der Waals surface area contributed by atoms with E-state index in [2.05, 4.69) is 25.7 Å². The van der Waals surface area contributed by atoms with Crippen molar-refractivity contribution >= 4 is 0 Å². The van der Waals surface area contributed by atoms with E-state index >= 15 is 0 Å². The minimum atomic E-state index is -0.175. The predicted molar refractivity (Wildman–Crippen MR) is 48.7 cm³/mol. The molecule has 0 radical (unpaired) electrons. The van der Waals surface area contributed by atoms with Crippen LogP contribution in [-0.2, 0) is 0 Å². The van der Waals surface area contributed by atoms with Crippen LogP contribution < -0.4 is 0 Å². The van der Waals surface area contributed by atoms with Crippen LogP contribution in [0.5, 0.6) is 0 Å². The zero-order valence-electron chi connectivity index (χ0n) is 8.17. The molecule has 0 rings (SSSR count). The largest absolute Gasteiger partial charge is 0.393 e. The van der Waals surface area contributed by atoms with E-state index in [1.807, 2.05) is 6.92 Å². The van der Waals surface area contributed by atoms with Crippen molar-refractivity contribution in [1.82, 2.24) is 4.90 Å². The summed E-state index contributed by atoms with van der Waals surface area (Å²) in [6, 6.07) is 0.505. The summed E-state index contributed by atoms with van der Waals surface area (Å²) in [5, 5.41) is 9.14. The quantitative estimate of drug-likeness (QED) is 0.657. The van der Waals surface area contributed by atoms with E-state index in [-0.39, 0.29) is 6.10 Å². The molecule has 1 N–H and O–H groups in total. The summed E-state index contributed by atoms with van der Waals surface area (Å²) in [4.78, 5) is 2.35. The van der Waals surface area contributed by atoms with Crippen molar-refractivity contribution in [2.75, 3.05) is 13.1 Å². The summed E-state index contributed by atoms with van der Waals surface area (Å²) < 4.78 is 0. The summed E-state index contributed by atoms with van der Waals surface area (Å²) in [6.45, 7) is 10.5. The number of nitrogens with zero attached hydrogens (tertiary/aromatic N) is 1. The van der Waals surface area contributed by atoms with E-state index in [9.17, 15) is 0 Å². The van der Waals surface area contributed by atoms with Crippen molar-refractivity contribution < 1.29 is 5.11 Å². The number of hydrogen-bond donors (Lipinski definition) is 1. The van der Waals surface area contributed by atoms with Crippen molar-refractivity contribution in [3.63, 3.8) is 0 Å². The number of aliphatic hydroxyl groups excluding tert-OH is 1. The SMILES string of the molecule is CCN(CC)C(C)CC(C)O. The van der Waals surface area contributed by atoms with Crippen LogP contribution in [0.3, 0.4) is 0 Å². The van der Waals surface area contributed by atoms with E-state index in [0.29, 0.717) is 6.04 Å². The molecule has 2 atom stereocenters. The first-order valence-electron chi connectivity index (χ1n) is 4.53. The molecular weight excluding hydrogens is 138 g/mol. The summed E-state index contributed by atoms with van der Waals surface area (Å²) in [5.74, 6) is 0. The van der Waals surface area contributed by atoms with Crippen molar-refractivity contribution in [3.05, 3.63) is 0 Å². The van der Waals surface area contributed by atoms with E-state index in [1.54, 1.807) is 0 Å². The van der Waals surface area contributed by atoms with Crippen molar-refractivity contribution in [2.24, 2.45) is 0 Å². The van der Waals surface area contributed by atoms with Gasteiger partial charge in [-0.15, -0.1) is 0 Å². The summed E-state index contributed by atoms with van der Waals surface area (Å²) in [7, 11) is 0. The molecule has 11 heavy (non-hydrogen) atoms. The van der Waals surface area contributed by atoms with Crippen LogP contribution in [-0.4, -0.2) is 35.2 Å². The van der Waals surface area contributed by atoms with Gasteiger partial charge in [-0.3, -0.25) is 0 Å². The van der Waals surface area contributed by atoms with Gasteiger partial charge < -0.3 is 10.0 Å². The maximum absolute atomic E-state index is 9.14. The molecular formula is C9H21NO. The highest BCUT2D eigenvalue weighted by molar-refractivity contribution is 4.66. The Morgan fingerprint density at radius 1 is 1.18 bits per heavy atom. The molecule has 2 heteroatoms. The van der Waals surface area contributed by atoms with Crippen LogP contribution in [0.25, 0.3) is 0 Å². The molecule has 0 spiro atoms. The van der Waals surface area contributed by atoms with Crippen LogP contribution in [0.4, 0.5) is 0 Å². The second-order valence-electron chi connectivity index (χ2n) is 3.15. The Balaban J connectivity index is 3.68. The average molecular weight is 159 g/mol. The van der Waals surface area contributed by atoms with E-state index in [1.165, 1.54) is 0 Å². The fourth-order valence-corrected chi connectivity index (χ4v) is 1.49. The topological polar surface area (TPSA) is 23.5 Å². The van der Waals surface area contributed by atoms with Gasteiger partial charge in [0.05, 0.1) is 6.10 Å². The molecule has 0 aliphatic carbocycles. The third-order valence-corrected chi connectivity index (χ3v) is 2.12. The van der Waals surface area contributed by atoms with Gasteiger partial charge in [0.2, 0.25) is 0 Å². The minimum Gasteiger partial charge on any atom is -0.393 e. The molecule has 68 valence electrons. The van der Waals surface area contributed by atoms with Crippen LogP contribution in [0.15, 0.2) is 0 Å². The first-order chi connectivity index (χ1) is 5.11. The fraction of sp³-hybridized carbons (Fsp3) is 1.00. The highest BCUT2D eigenvalue weighted by Crippen LogP contribution is 2.05. The Hall–Kier alpha value is -0.0800. The third-order valence-electron chi connectivity index (χ3n) is 2.12. The molecule has 0 fully saturated rings. The number of rotatable bonds is 5.